The highest BCUT2D eigenvalue weighted by Crippen LogP contribution is 1.91. The first-order valence-corrected chi connectivity index (χ1v) is 7.44. The average molecular weight is 364 g/mol. The first-order chi connectivity index (χ1) is 12.2. The molecule has 0 amide bonds. The summed E-state index contributed by atoms with van der Waals surface area (Å²) in [4.78, 5) is 31.2. The molecule has 6 nitrogen and oxygen atoms in total. The van der Waals surface area contributed by atoms with Crippen molar-refractivity contribution in [3.05, 3.63) is 74.9 Å². The Labute approximate surface area is 155 Å². The van der Waals surface area contributed by atoms with Gasteiger partial charge in [0, 0.05) is 17.2 Å². The first-order valence-electron chi connectivity index (χ1n) is 7.44. The molecule has 0 aliphatic heterocycles. The molecular weight excluding hydrogens is 336 g/mol. The van der Waals surface area contributed by atoms with Gasteiger partial charge in [-0.25, -0.2) is 14.4 Å². The summed E-state index contributed by atoms with van der Waals surface area (Å²) in [5.41, 5.74) is 0.828. The van der Waals surface area contributed by atoms with Crippen LogP contribution in [0, 0.1) is 0 Å². The number of carbonyl (C=O) groups excluding carboxylic acids is 3. The van der Waals surface area contributed by atoms with Gasteiger partial charge >= 0.3 is 17.9 Å². The van der Waals surface area contributed by atoms with E-state index in [0.29, 0.717) is 11.1 Å². The van der Waals surface area contributed by atoms with E-state index in [1.165, 1.54) is 18.2 Å². The predicted octanol–water partition coefficient (Wildman–Crippen LogP) is 3.49. The van der Waals surface area contributed by atoms with Gasteiger partial charge in [-0.1, -0.05) is 57.7 Å². The molecule has 0 atom stereocenters. The van der Waals surface area contributed by atoms with Gasteiger partial charge in [-0.05, 0) is 13.8 Å². The van der Waals surface area contributed by atoms with Crippen molar-refractivity contribution in [2.45, 2.75) is 13.8 Å². The van der Waals surface area contributed by atoms with Crippen LogP contribution in [0.2, 0.25) is 0 Å². The van der Waals surface area contributed by atoms with E-state index in [9.17, 15) is 14.4 Å². The van der Waals surface area contributed by atoms with E-state index in [2.05, 4.69) is 53.7 Å². The fourth-order valence-electron chi connectivity index (χ4n) is 0.716. The second-order valence-electron chi connectivity index (χ2n) is 4.46. The summed E-state index contributed by atoms with van der Waals surface area (Å²) in [7, 11) is 0. The van der Waals surface area contributed by atoms with Crippen LogP contribution in [-0.2, 0) is 28.6 Å². The largest absolute Gasteiger partial charge is 0.458 e. The predicted molar refractivity (Wildman–Crippen MR) is 103 cm³/mol. The number of ether oxygens (including phenoxy) is 3. The van der Waals surface area contributed by atoms with Gasteiger partial charge in [0.15, 0.2) is 0 Å². The molecule has 0 rings (SSSR count). The second kappa shape index (κ2) is 19.9. The zero-order valence-corrected chi connectivity index (χ0v) is 15.6. The van der Waals surface area contributed by atoms with E-state index in [1.807, 2.05) is 0 Å². The van der Waals surface area contributed by atoms with Crippen LogP contribution in [0.3, 0.4) is 0 Å². The van der Waals surface area contributed by atoms with Crippen LogP contribution in [0.15, 0.2) is 74.9 Å². The second-order valence-corrected chi connectivity index (χ2v) is 4.46. The molecule has 0 N–H and O–H groups in total. The van der Waals surface area contributed by atoms with Crippen molar-refractivity contribution in [2.24, 2.45) is 0 Å². The molecular formula is C20H28O6. The van der Waals surface area contributed by atoms with Crippen molar-refractivity contribution < 1.29 is 28.6 Å². The monoisotopic (exact) mass is 364 g/mol. The van der Waals surface area contributed by atoms with Crippen molar-refractivity contribution >= 4 is 17.9 Å². The molecule has 0 radical (unpaired) electrons. The Kier molecular flexibility index (Phi) is 21.2. The van der Waals surface area contributed by atoms with Gasteiger partial charge in [-0.2, -0.15) is 0 Å². The van der Waals surface area contributed by atoms with Gasteiger partial charge in [0.25, 0.3) is 0 Å². The summed E-state index contributed by atoms with van der Waals surface area (Å²) in [6.07, 6.45) is 5.65. The molecule has 0 unspecified atom stereocenters. The summed E-state index contributed by atoms with van der Waals surface area (Å²) in [6, 6.07) is 0. The Morgan fingerprint density at radius 3 is 1.23 bits per heavy atom. The number of rotatable bonds is 9. The zero-order valence-electron chi connectivity index (χ0n) is 15.6. The summed E-state index contributed by atoms with van der Waals surface area (Å²) < 4.78 is 13.7. The molecule has 0 aromatic heterocycles. The van der Waals surface area contributed by atoms with Crippen molar-refractivity contribution in [1.82, 2.24) is 0 Å². The van der Waals surface area contributed by atoms with E-state index in [-0.39, 0.29) is 31.8 Å². The maximum Gasteiger partial charge on any atom is 0.333 e. The lowest BCUT2D eigenvalue weighted by molar-refractivity contribution is -0.138. The van der Waals surface area contributed by atoms with E-state index < -0.39 is 5.97 Å². The van der Waals surface area contributed by atoms with Gasteiger partial charge in [0.2, 0.25) is 0 Å². The van der Waals surface area contributed by atoms with Crippen LogP contribution < -0.4 is 0 Å². The minimum atomic E-state index is -0.412. The van der Waals surface area contributed by atoms with Crippen LogP contribution in [-0.4, -0.2) is 37.7 Å². The Morgan fingerprint density at radius 2 is 1.00 bits per heavy atom. The molecule has 0 saturated carbocycles. The van der Waals surface area contributed by atoms with Gasteiger partial charge in [0.05, 0.1) is 0 Å². The minimum Gasteiger partial charge on any atom is -0.458 e. The molecule has 0 heterocycles. The zero-order chi connectivity index (χ0) is 21.0. The fraction of sp³-hybridized carbons (Fsp3) is 0.250. The lowest BCUT2D eigenvalue weighted by atomic mass is 10.4. The Morgan fingerprint density at radius 1 is 0.692 bits per heavy atom. The van der Waals surface area contributed by atoms with Gasteiger partial charge in [0.1, 0.15) is 19.8 Å². The number of hydrogen-bond acceptors (Lipinski definition) is 6. The van der Waals surface area contributed by atoms with Crippen LogP contribution >= 0.6 is 0 Å². The molecule has 144 valence electrons. The molecule has 0 aliphatic rings. The van der Waals surface area contributed by atoms with Crippen LogP contribution in [0.1, 0.15) is 13.8 Å². The van der Waals surface area contributed by atoms with Crippen molar-refractivity contribution in [3.8, 4) is 0 Å². The summed E-state index contributed by atoms with van der Waals surface area (Å²) in [5, 5.41) is 0. The van der Waals surface area contributed by atoms with E-state index in [4.69, 9.17) is 0 Å². The van der Waals surface area contributed by atoms with E-state index >= 15 is 0 Å². The van der Waals surface area contributed by atoms with Crippen LogP contribution in [0.25, 0.3) is 0 Å². The first kappa shape index (κ1) is 27.7. The highest BCUT2D eigenvalue weighted by Gasteiger charge is 1.99. The lowest BCUT2D eigenvalue weighted by Crippen LogP contribution is -2.03. The van der Waals surface area contributed by atoms with E-state index in [0.717, 1.165) is 6.08 Å². The number of carbonyl (C=O) groups is 3. The standard InChI is InChI=1S/2C7H10O2.C6H8O2/c2*1-4-5-9-7(8)6(2)3;1-3-5-8-6(7)4-2/h2*4H,1-2,5H2,3H3;3-4H,1-2,5H2. The normalized spacial score (nSPS) is 7.92. The highest BCUT2D eigenvalue weighted by atomic mass is 16.5. The maximum absolute atomic E-state index is 10.5. The molecule has 0 bridgehead atoms. The molecule has 6 heteroatoms. The van der Waals surface area contributed by atoms with E-state index in [1.54, 1.807) is 13.8 Å². The Hall–Kier alpha value is -3.15. The van der Waals surface area contributed by atoms with Crippen molar-refractivity contribution in [3.63, 3.8) is 0 Å². The molecule has 0 spiro atoms. The summed E-state index contributed by atoms with van der Waals surface area (Å²) >= 11 is 0. The van der Waals surface area contributed by atoms with Crippen molar-refractivity contribution in [2.75, 3.05) is 19.8 Å². The van der Waals surface area contributed by atoms with Crippen molar-refractivity contribution in [1.29, 1.82) is 0 Å². The third kappa shape index (κ3) is 23.1. The van der Waals surface area contributed by atoms with Crippen LogP contribution in [0.4, 0.5) is 0 Å². The Bertz CT molecular complexity index is 494. The molecule has 26 heavy (non-hydrogen) atoms. The number of esters is 3. The summed E-state index contributed by atoms with van der Waals surface area (Å²) in [5.74, 6) is -1.14. The lowest BCUT2D eigenvalue weighted by Gasteiger charge is -1.97. The maximum atomic E-state index is 10.5. The molecule has 0 fully saturated rings. The summed E-state index contributed by atoms with van der Waals surface area (Å²) in [6.45, 7) is 24.1. The highest BCUT2D eigenvalue weighted by molar-refractivity contribution is 5.87. The molecule has 0 aromatic rings. The van der Waals surface area contributed by atoms with Gasteiger partial charge in [-0.3, -0.25) is 0 Å². The SMILES string of the molecule is C=CCOC(=O)C(=C)C.C=CCOC(=O)C(=C)C.C=CCOC(=O)C=C. The molecule has 0 aromatic carbocycles. The van der Waals surface area contributed by atoms with Gasteiger partial charge < -0.3 is 14.2 Å². The third-order valence-corrected chi connectivity index (χ3v) is 1.87. The van der Waals surface area contributed by atoms with Gasteiger partial charge in [-0.15, -0.1) is 0 Å². The molecule has 0 aliphatic carbocycles. The topological polar surface area (TPSA) is 78.9 Å². The third-order valence-electron chi connectivity index (χ3n) is 1.87. The van der Waals surface area contributed by atoms with Crippen LogP contribution in [0.5, 0.6) is 0 Å². The fourth-order valence-corrected chi connectivity index (χ4v) is 0.716. The quantitative estimate of drug-likeness (QED) is 0.270. The smallest absolute Gasteiger partial charge is 0.333 e. The molecule has 0 saturated heterocycles. The Balaban J connectivity index is -0.000000306. The average Bonchev–Trinajstić information content (AvgIpc) is 2.62. The minimum absolute atomic E-state index is 0.255. The number of hydrogen-bond donors (Lipinski definition) is 0.